The molecular formula is C20H16ClN3O4S2. The second-order valence-corrected chi connectivity index (χ2v) is 9.64. The van der Waals surface area contributed by atoms with E-state index in [2.05, 4.69) is 14.9 Å². The van der Waals surface area contributed by atoms with Gasteiger partial charge in [0.2, 0.25) is 5.82 Å². The summed E-state index contributed by atoms with van der Waals surface area (Å²) < 4.78 is 38.7. The molecule has 2 aromatic carbocycles. The number of methoxy groups -OCH3 is 1. The van der Waals surface area contributed by atoms with Crippen LogP contribution in [0.5, 0.6) is 5.75 Å². The first-order chi connectivity index (χ1) is 14.4. The Morgan fingerprint density at radius 3 is 2.47 bits per heavy atom. The molecule has 0 bridgehead atoms. The lowest BCUT2D eigenvalue weighted by atomic mass is 10.2. The molecule has 0 saturated heterocycles. The van der Waals surface area contributed by atoms with Crippen LogP contribution in [0.4, 0.5) is 5.69 Å². The Bertz CT molecular complexity index is 1280. The van der Waals surface area contributed by atoms with Crippen molar-refractivity contribution in [2.75, 3.05) is 11.8 Å². The molecule has 154 valence electrons. The standard InChI is InChI=1S/C20H16ClN3O4S2/c1-12-18(30(25,26)24-15-7-9-16(27-2)10-8-15)11-17(29-12)20-22-19(23-28-20)13-3-5-14(21)6-4-13/h3-11,24H,1-2H3. The Morgan fingerprint density at radius 2 is 1.80 bits per heavy atom. The fourth-order valence-electron chi connectivity index (χ4n) is 2.75. The third-order valence-corrected chi connectivity index (χ3v) is 7.17. The lowest BCUT2D eigenvalue weighted by molar-refractivity contribution is 0.415. The molecular weight excluding hydrogens is 446 g/mol. The van der Waals surface area contributed by atoms with Crippen LogP contribution in [0.25, 0.3) is 22.2 Å². The minimum absolute atomic E-state index is 0.157. The van der Waals surface area contributed by atoms with Gasteiger partial charge in [-0.15, -0.1) is 11.3 Å². The van der Waals surface area contributed by atoms with Crippen LogP contribution in [-0.4, -0.2) is 25.7 Å². The van der Waals surface area contributed by atoms with Gasteiger partial charge in [0.1, 0.15) is 10.6 Å². The SMILES string of the molecule is COc1ccc(NS(=O)(=O)c2cc(-c3nc(-c4ccc(Cl)cc4)no3)sc2C)cc1. The summed E-state index contributed by atoms with van der Waals surface area (Å²) in [5.41, 5.74) is 1.18. The fourth-order valence-corrected chi connectivity index (χ4v) is 5.45. The zero-order valence-corrected chi connectivity index (χ0v) is 18.3. The van der Waals surface area contributed by atoms with Gasteiger partial charge in [0.25, 0.3) is 15.9 Å². The molecule has 0 unspecified atom stereocenters. The van der Waals surface area contributed by atoms with Gasteiger partial charge < -0.3 is 9.26 Å². The average Bonchev–Trinajstić information content (AvgIpc) is 3.36. The number of ether oxygens (including phenoxy) is 1. The van der Waals surface area contributed by atoms with E-state index in [9.17, 15) is 8.42 Å². The highest BCUT2D eigenvalue weighted by Gasteiger charge is 2.23. The molecule has 2 aromatic heterocycles. The average molecular weight is 462 g/mol. The Labute approximate surface area is 182 Å². The molecule has 0 aliphatic rings. The smallest absolute Gasteiger partial charge is 0.268 e. The maximum atomic E-state index is 12.9. The lowest BCUT2D eigenvalue weighted by Crippen LogP contribution is -2.13. The number of anilines is 1. The van der Waals surface area contributed by atoms with E-state index in [1.54, 1.807) is 62.6 Å². The van der Waals surface area contributed by atoms with Gasteiger partial charge in [-0.2, -0.15) is 4.98 Å². The predicted octanol–water partition coefficient (Wildman–Crippen LogP) is 5.24. The molecule has 0 aliphatic heterocycles. The lowest BCUT2D eigenvalue weighted by Gasteiger charge is -2.08. The molecule has 0 radical (unpaired) electrons. The van der Waals surface area contributed by atoms with Crippen LogP contribution in [0.3, 0.4) is 0 Å². The minimum atomic E-state index is -3.79. The molecule has 10 heteroatoms. The number of thiophene rings is 1. The van der Waals surface area contributed by atoms with E-state index in [1.807, 2.05) is 0 Å². The van der Waals surface area contributed by atoms with Crippen molar-refractivity contribution in [1.82, 2.24) is 10.1 Å². The molecule has 4 aromatic rings. The van der Waals surface area contributed by atoms with Crippen molar-refractivity contribution in [2.24, 2.45) is 0 Å². The number of hydrogen-bond acceptors (Lipinski definition) is 7. The first-order valence-electron chi connectivity index (χ1n) is 8.73. The first kappa shape index (κ1) is 20.4. The Kier molecular flexibility index (Phi) is 5.50. The quantitative estimate of drug-likeness (QED) is 0.422. The normalized spacial score (nSPS) is 11.4. The third-order valence-electron chi connectivity index (χ3n) is 4.24. The summed E-state index contributed by atoms with van der Waals surface area (Å²) in [6, 6.07) is 15.2. The van der Waals surface area contributed by atoms with Crippen molar-refractivity contribution in [3.05, 3.63) is 64.5 Å². The summed E-state index contributed by atoms with van der Waals surface area (Å²) in [6.45, 7) is 1.73. The van der Waals surface area contributed by atoms with Gasteiger partial charge >= 0.3 is 0 Å². The summed E-state index contributed by atoms with van der Waals surface area (Å²) in [7, 11) is -2.24. The van der Waals surface area contributed by atoms with Crippen molar-refractivity contribution in [2.45, 2.75) is 11.8 Å². The molecule has 0 aliphatic carbocycles. The van der Waals surface area contributed by atoms with E-state index in [1.165, 1.54) is 17.4 Å². The van der Waals surface area contributed by atoms with Crippen molar-refractivity contribution < 1.29 is 17.7 Å². The molecule has 0 saturated carbocycles. The number of nitrogens with one attached hydrogen (secondary N) is 1. The van der Waals surface area contributed by atoms with E-state index < -0.39 is 10.0 Å². The zero-order chi connectivity index (χ0) is 21.3. The Hall–Kier alpha value is -2.88. The molecule has 0 fully saturated rings. The van der Waals surface area contributed by atoms with Crippen molar-refractivity contribution in [3.8, 4) is 27.9 Å². The predicted molar refractivity (Wildman–Crippen MR) is 117 cm³/mol. The molecule has 0 atom stereocenters. The number of rotatable bonds is 6. The van der Waals surface area contributed by atoms with Crippen LogP contribution in [-0.2, 0) is 10.0 Å². The van der Waals surface area contributed by atoms with Crippen LogP contribution < -0.4 is 9.46 Å². The summed E-state index contributed by atoms with van der Waals surface area (Å²) in [5, 5.41) is 4.59. The molecule has 1 N–H and O–H groups in total. The summed E-state index contributed by atoms with van der Waals surface area (Å²) in [6.07, 6.45) is 0. The van der Waals surface area contributed by atoms with Crippen LogP contribution in [0, 0.1) is 6.92 Å². The first-order valence-corrected chi connectivity index (χ1v) is 11.4. The number of hydrogen-bond donors (Lipinski definition) is 1. The molecule has 4 rings (SSSR count). The molecule has 0 spiro atoms. The maximum absolute atomic E-state index is 12.9. The summed E-state index contributed by atoms with van der Waals surface area (Å²) in [4.78, 5) is 5.71. The van der Waals surface area contributed by atoms with Crippen LogP contribution in [0.2, 0.25) is 5.02 Å². The molecule has 0 amide bonds. The van der Waals surface area contributed by atoms with Gasteiger partial charge in [-0.25, -0.2) is 8.42 Å². The van der Waals surface area contributed by atoms with Crippen LogP contribution in [0.1, 0.15) is 4.88 Å². The third kappa shape index (κ3) is 4.18. The van der Waals surface area contributed by atoms with E-state index in [-0.39, 0.29) is 10.8 Å². The van der Waals surface area contributed by atoms with Crippen molar-refractivity contribution >= 4 is 38.6 Å². The van der Waals surface area contributed by atoms with E-state index in [0.717, 1.165) is 5.56 Å². The Balaban J connectivity index is 1.60. The highest BCUT2D eigenvalue weighted by atomic mass is 35.5. The van der Waals surface area contributed by atoms with E-state index in [0.29, 0.717) is 32.0 Å². The highest BCUT2D eigenvalue weighted by Crippen LogP contribution is 2.34. The van der Waals surface area contributed by atoms with Crippen LogP contribution in [0.15, 0.2) is 64.0 Å². The van der Waals surface area contributed by atoms with E-state index in [4.69, 9.17) is 20.9 Å². The number of nitrogens with zero attached hydrogens (tertiary/aromatic N) is 2. The van der Waals surface area contributed by atoms with Crippen molar-refractivity contribution in [3.63, 3.8) is 0 Å². The van der Waals surface area contributed by atoms with Crippen LogP contribution >= 0.6 is 22.9 Å². The largest absolute Gasteiger partial charge is 0.497 e. The van der Waals surface area contributed by atoms with Gasteiger partial charge in [0, 0.05) is 21.2 Å². The maximum Gasteiger partial charge on any atom is 0.268 e. The van der Waals surface area contributed by atoms with E-state index >= 15 is 0 Å². The number of aromatic nitrogens is 2. The second kappa shape index (κ2) is 8.10. The highest BCUT2D eigenvalue weighted by molar-refractivity contribution is 7.93. The Morgan fingerprint density at radius 1 is 1.10 bits per heavy atom. The molecule has 7 nitrogen and oxygen atoms in total. The second-order valence-electron chi connectivity index (χ2n) is 6.30. The minimum Gasteiger partial charge on any atom is -0.497 e. The number of aryl methyl sites for hydroxylation is 1. The number of sulfonamides is 1. The van der Waals surface area contributed by atoms with Gasteiger partial charge in [0.15, 0.2) is 0 Å². The molecule has 30 heavy (non-hydrogen) atoms. The van der Waals surface area contributed by atoms with Crippen molar-refractivity contribution in [1.29, 1.82) is 0 Å². The molecule has 2 heterocycles. The monoisotopic (exact) mass is 461 g/mol. The fraction of sp³-hybridized carbons (Fsp3) is 0.100. The van der Waals surface area contributed by atoms with Gasteiger partial charge in [-0.1, -0.05) is 16.8 Å². The number of halogens is 1. The zero-order valence-electron chi connectivity index (χ0n) is 15.9. The summed E-state index contributed by atoms with van der Waals surface area (Å²) >= 11 is 7.17. The van der Waals surface area contributed by atoms with Gasteiger partial charge in [0.05, 0.1) is 12.0 Å². The summed E-state index contributed by atoms with van der Waals surface area (Å²) in [5.74, 6) is 1.28. The number of benzene rings is 2. The van der Waals surface area contributed by atoms with Gasteiger partial charge in [-0.05, 0) is 61.5 Å². The van der Waals surface area contributed by atoms with Gasteiger partial charge in [-0.3, -0.25) is 4.72 Å². The topological polar surface area (TPSA) is 94.3 Å².